The van der Waals surface area contributed by atoms with Gasteiger partial charge in [0.25, 0.3) is 11.5 Å². The molecule has 6 heteroatoms. The Hall–Kier alpha value is -3.77. The van der Waals surface area contributed by atoms with E-state index in [0.717, 1.165) is 11.1 Å². The maximum Gasteiger partial charge on any atom is 0.265 e. The maximum absolute atomic E-state index is 13.0. The molecule has 6 nitrogen and oxygen atoms in total. The Labute approximate surface area is 186 Å². The van der Waals surface area contributed by atoms with E-state index < -0.39 is 0 Å². The molecule has 0 spiro atoms. The predicted molar refractivity (Wildman–Crippen MR) is 125 cm³/mol. The minimum atomic E-state index is -0.177. The topological polar surface area (TPSA) is 73.2 Å². The van der Waals surface area contributed by atoms with Crippen LogP contribution in [0.4, 0.5) is 0 Å². The van der Waals surface area contributed by atoms with E-state index in [0.29, 0.717) is 47.7 Å². The number of amides is 1. The van der Waals surface area contributed by atoms with E-state index in [-0.39, 0.29) is 11.5 Å². The van der Waals surface area contributed by atoms with Crippen LogP contribution in [0.25, 0.3) is 16.6 Å². The molecule has 162 valence electrons. The van der Waals surface area contributed by atoms with Crippen LogP contribution in [0.2, 0.25) is 0 Å². The van der Waals surface area contributed by atoms with Gasteiger partial charge < -0.3 is 10.1 Å². The average Bonchev–Trinajstić information content (AvgIpc) is 2.82. The molecule has 1 heterocycles. The van der Waals surface area contributed by atoms with Crippen LogP contribution in [0.15, 0.2) is 77.6 Å². The number of hydrogen-bond acceptors (Lipinski definition) is 4. The Kier molecular flexibility index (Phi) is 6.42. The third-order valence-electron chi connectivity index (χ3n) is 5.35. The molecular weight excluding hydrogens is 402 g/mol. The Bertz CT molecular complexity index is 1310. The van der Waals surface area contributed by atoms with Crippen molar-refractivity contribution in [1.82, 2.24) is 14.9 Å². The summed E-state index contributed by atoms with van der Waals surface area (Å²) in [7, 11) is 0. The van der Waals surface area contributed by atoms with Gasteiger partial charge in [0.2, 0.25) is 0 Å². The highest BCUT2D eigenvalue weighted by atomic mass is 16.5. The molecule has 0 aliphatic heterocycles. The SMILES string of the molecule is CCOCc1ccccc1CNC(=O)c1ccc(-n2c(C)nc3ccccc3c2=O)cc1. The summed E-state index contributed by atoms with van der Waals surface area (Å²) < 4.78 is 7.07. The number of hydrogen-bond donors (Lipinski definition) is 1. The molecule has 0 saturated heterocycles. The number of benzene rings is 3. The Morgan fingerprint density at radius 2 is 1.66 bits per heavy atom. The summed E-state index contributed by atoms with van der Waals surface area (Å²) in [5, 5.41) is 3.52. The maximum atomic E-state index is 13.0. The normalized spacial score (nSPS) is 10.9. The molecule has 3 aromatic carbocycles. The lowest BCUT2D eigenvalue weighted by molar-refractivity contribution is 0.0950. The molecule has 0 bridgehead atoms. The highest BCUT2D eigenvalue weighted by Gasteiger charge is 2.11. The number of fused-ring (bicyclic) bond motifs is 1. The Morgan fingerprint density at radius 3 is 2.41 bits per heavy atom. The van der Waals surface area contributed by atoms with Crippen molar-refractivity contribution in [3.05, 3.63) is 106 Å². The third kappa shape index (κ3) is 4.45. The molecule has 1 aromatic heterocycles. The van der Waals surface area contributed by atoms with Crippen molar-refractivity contribution < 1.29 is 9.53 Å². The molecule has 0 aliphatic carbocycles. The molecule has 0 saturated carbocycles. The second-order valence-corrected chi connectivity index (χ2v) is 7.45. The monoisotopic (exact) mass is 427 g/mol. The summed E-state index contributed by atoms with van der Waals surface area (Å²) in [6.07, 6.45) is 0. The van der Waals surface area contributed by atoms with Crippen molar-refractivity contribution in [3.8, 4) is 5.69 Å². The fourth-order valence-corrected chi connectivity index (χ4v) is 3.67. The highest BCUT2D eigenvalue weighted by molar-refractivity contribution is 5.94. The van der Waals surface area contributed by atoms with Crippen LogP contribution < -0.4 is 10.9 Å². The van der Waals surface area contributed by atoms with Crippen molar-refractivity contribution in [1.29, 1.82) is 0 Å². The van der Waals surface area contributed by atoms with E-state index in [1.807, 2.05) is 49.4 Å². The molecule has 0 unspecified atom stereocenters. The molecule has 4 rings (SSSR count). The molecule has 4 aromatic rings. The van der Waals surface area contributed by atoms with Gasteiger partial charge in [0, 0.05) is 18.7 Å². The fraction of sp³-hybridized carbons (Fsp3) is 0.192. The second kappa shape index (κ2) is 9.58. The lowest BCUT2D eigenvalue weighted by Crippen LogP contribution is -2.24. The quantitative estimate of drug-likeness (QED) is 0.481. The van der Waals surface area contributed by atoms with Crippen LogP contribution in [-0.2, 0) is 17.9 Å². The molecular formula is C26H25N3O3. The predicted octanol–water partition coefficient (Wildman–Crippen LogP) is 4.16. The molecule has 1 N–H and O–H groups in total. The van der Waals surface area contributed by atoms with Crippen LogP contribution in [0.3, 0.4) is 0 Å². The first-order valence-electron chi connectivity index (χ1n) is 10.6. The van der Waals surface area contributed by atoms with Gasteiger partial charge in [-0.05, 0) is 61.4 Å². The summed E-state index contributed by atoms with van der Waals surface area (Å²) in [6.45, 7) is 5.33. The van der Waals surface area contributed by atoms with Crippen LogP contribution in [0, 0.1) is 6.92 Å². The summed E-state index contributed by atoms with van der Waals surface area (Å²) in [6, 6.07) is 22.2. The van der Waals surface area contributed by atoms with Gasteiger partial charge in [-0.2, -0.15) is 0 Å². The number of aromatic nitrogens is 2. The average molecular weight is 428 g/mol. The van der Waals surface area contributed by atoms with Crippen LogP contribution in [0.1, 0.15) is 34.2 Å². The van der Waals surface area contributed by atoms with Gasteiger partial charge in [0.15, 0.2) is 0 Å². The number of para-hydroxylation sites is 1. The summed E-state index contributed by atoms with van der Waals surface area (Å²) in [5.41, 5.74) is 3.82. The standard InChI is InChI=1S/C26H25N3O3/c1-3-32-17-21-9-5-4-8-20(21)16-27-25(30)19-12-14-22(15-13-19)29-18(2)28-24-11-7-6-10-23(24)26(29)31/h4-15H,3,16-17H2,1-2H3,(H,27,30). The summed E-state index contributed by atoms with van der Waals surface area (Å²) in [5.74, 6) is 0.417. The first-order chi connectivity index (χ1) is 15.6. The minimum absolute atomic E-state index is 0.129. The first kappa shape index (κ1) is 21.5. The third-order valence-corrected chi connectivity index (χ3v) is 5.35. The number of carbonyl (C=O) groups is 1. The van der Waals surface area contributed by atoms with Crippen molar-refractivity contribution in [2.24, 2.45) is 0 Å². The van der Waals surface area contributed by atoms with Gasteiger partial charge in [0.05, 0.1) is 23.2 Å². The number of nitrogens with zero attached hydrogens (tertiary/aromatic N) is 2. The van der Waals surface area contributed by atoms with Gasteiger partial charge in [-0.3, -0.25) is 14.2 Å². The van der Waals surface area contributed by atoms with Crippen molar-refractivity contribution in [2.75, 3.05) is 6.61 Å². The zero-order chi connectivity index (χ0) is 22.5. The number of rotatable bonds is 7. The van der Waals surface area contributed by atoms with Crippen molar-refractivity contribution in [3.63, 3.8) is 0 Å². The first-order valence-corrected chi connectivity index (χ1v) is 10.6. The van der Waals surface area contributed by atoms with E-state index in [4.69, 9.17) is 4.74 Å². The van der Waals surface area contributed by atoms with Crippen molar-refractivity contribution >= 4 is 16.8 Å². The molecule has 0 atom stereocenters. The van der Waals surface area contributed by atoms with E-state index in [1.165, 1.54) is 0 Å². The zero-order valence-electron chi connectivity index (χ0n) is 18.2. The van der Waals surface area contributed by atoms with Crippen LogP contribution >= 0.6 is 0 Å². The van der Waals surface area contributed by atoms with Gasteiger partial charge in [-0.1, -0.05) is 36.4 Å². The highest BCUT2D eigenvalue weighted by Crippen LogP contribution is 2.14. The number of aryl methyl sites for hydroxylation is 1. The summed E-state index contributed by atoms with van der Waals surface area (Å²) in [4.78, 5) is 30.2. The van der Waals surface area contributed by atoms with Crippen LogP contribution in [-0.4, -0.2) is 22.1 Å². The Balaban J connectivity index is 1.52. The van der Waals surface area contributed by atoms with Gasteiger partial charge >= 0.3 is 0 Å². The molecule has 1 amide bonds. The largest absolute Gasteiger partial charge is 0.377 e. The minimum Gasteiger partial charge on any atom is -0.377 e. The smallest absolute Gasteiger partial charge is 0.265 e. The van der Waals surface area contributed by atoms with E-state index >= 15 is 0 Å². The summed E-state index contributed by atoms with van der Waals surface area (Å²) >= 11 is 0. The van der Waals surface area contributed by atoms with E-state index in [9.17, 15) is 9.59 Å². The number of carbonyl (C=O) groups excluding carboxylic acids is 1. The molecule has 32 heavy (non-hydrogen) atoms. The van der Waals surface area contributed by atoms with E-state index in [1.54, 1.807) is 41.8 Å². The second-order valence-electron chi connectivity index (χ2n) is 7.45. The van der Waals surface area contributed by atoms with E-state index in [2.05, 4.69) is 10.3 Å². The van der Waals surface area contributed by atoms with Crippen LogP contribution in [0.5, 0.6) is 0 Å². The fourth-order valence-electron chi connectivity index (χ4n) is 3.67. The lowest BCUT2D eigenvalue weighted by Gasteiger charge is -2.12. The number of ether oxygens (including phenoxy) is 1. The van der Waals surface area contributed by atoms with Gasteiger partial charge in [-0.15, -0.1) is 0 Å². The molecule has 0 aliphatic rings. The van der Waals surface area contributed by atoms with Gasteiger partial charge in [0.1, 0.15) is 5.82 Å². The molecule has 0 radical (unpaired) electrons. The van der Waals surface area contributed by atoms with Crippen molar-refractivity contribution in [2.45, 2.75) is 27.0 Å². The number of nitrogens with one attached hydrogen (secondary N) is 1. The zero-order valence-corrected chi connectivity index (χ0v) is 18.2. The van der Waals surface area contributed by atoms with Gasteiger partial charge in [-0.25, -0.2) is 4.98 Å². The Morgan fingerprint density at radius 1 is 0.969 bits per heavy atom. The lowest BCUT2D eigenvalue weighted by atomic mass is 10.1. The molecule has 0 fully saturated rings.